The lowest BCUT2D eigenvalue weighted by Gasteiger charge is -2.05. The fraction of sp³-hybridized carbons (Fsp3) is 0.133. The lowest BCUT2D eigenvalue weighted by Crippen LogP contribution is -2.02. The van der Waals surface area contributed by atoms with Gasteiger partial charge in [-0.25, -0.2) is 0 Å². The number of rotatable bonds is 1. The number of benzene rings is 2. The fourth-order valence-corrected chi connectivity index (χ4v) is 2.12. The molecule has 0 saturated carbocycles. The normalized spacial score (nSPS) is 11.0. The topological polar surface area (TPSA) is 39.4 Å². The van der Waals surface area contributed by atoms with Crippen LogP contribution in [0.15, 0.2) is 45.6 Å². The summed E-state index contributed by atoms with van der Waals surface area (Å²) < 4.78 is 10.9. The summed E-state index contributed by atoms with van der Waals surface area (Å²) in [6.45, 7) is 1.93. The molecule has 0 N–H and O–H groups in total. The van der Waals surface area contributed by atoms with Gasteiger partial charge in [-0.2, -0.15) is 0 Å². The van der Waals surface area contributed by atoms with Crippen molar-refractivity contribution in [2.24, 2.45) is 0 Å². The summed E-state index contributed by atoms with van der Waals surface area (Å²) in [5.41, 5.74) is 2.18. The number of hydrogen-bond donors (Lipinski definition) is 0. The van der Waals surface area contributed by atoms with Crippen molar-refractivity contribution in [2.75, 3.05) is 7.11 Å². The zero-order chi connectivity index (χ0) is 12.7. The quantitative estimate of drug-likeness (QED) is 0.613. The number of aryl methyl sites for hydroxylation is 1. The number of methoxy groups -OCH3 is 1. The van der Waals surface area contributed by atoms with E-state index in [1.54, 1.807) is 31.4 Å². The van der Waals surface area contributed by atoms with Crippen LogP contribution in [-0.4, -0.2) is 7.11 Å². The predicted molar refractivity (Wildman–Crippen MR) is 71.3 cm³/mol. The van der Waals surface area contributed by atoms with E-state index in [1.165, 1.54) is 0 Å². The first-order valence-electron chi connectivity index (χ1n) is 5.71. The molecule has 3 heteroatoms. The third kappa shape index (κ3) is 1.48. The Balaban J connectivity index is 2.53. The Morgan fingerprint density at radius 1 is 1.11 bits per heavy atom. The van der Waals surface area contributed by atoms with Gasteiger partial charge in [-0.1, -0.05) is 12.1 Å². The molecular formula is C15H12O3. The second kappa shape index (κ2) is 3.88. The summed E-state index contributed by atoms with van der Waals surface area (Å²) in [6, 6.07) is 10.8. The van der Waals surface area contributed by atoms with Crippen molar-refractivity contribution in [2.45, 2.75) is 6.92 Å². The van der Waals surface area contributed by atoms with Gasteiger partial charge < -0.3 is 9.15 Å². The SMILES string of the molecule is COc1ccc2oc3c(C)cccc3c(=O)c2c1. The molecule has 0 amide bonds. The van der Waals surface area contributed by atoms with E-state index in [9.17, 15) is 4.79 Å². The van der Waals surface area contributed by atoms with Gasteiger partial charge in [-0.15, -0.1) is 0 Å². The van der Waals surface area contributed by atoms with Crippen LogP contribution in [-0.2, 0) is 0 Å². The second-order valence-electron chi connectivity index (χ2n) is 4.24. The van der Waals surface area contributed by atoms with Gasteiger partial charge in [-0.05, 0) is 36.8 Å². The molecule has 90 valence electrons. The molecule has 3 aromatic rings. The minimum atomic E-state index is -0.0196. The zero-order valence-electron chi connectivity index (χ0n) is 10.2. The molecule has 18 heavy (non-hydrogen) atoms. The summed E-state index contributed by atoms with van der Waals surface area (Å²) in [5.74, 6) is 0.654. The summed E-state index contributed by atoms with van der Waals surface area (Å²) in [7, 11) is 1.58. The maximum atomic E-state index is 12.4. The van der Waals surface area contributed by atoms with Crippen molar-refractivity contribution >= 4 is 21.9 Å². The summed E-state index contributed by atoms with van der Waals surface area (Å²) in [4.78, 5) is 12.4. The van der Waals surface area contributed by atoms with E-state index in [0.717, 1.165) is 5.56 Å². The Morgan fingerprint density at radius 3 is 2.72 bits per heavy atom. The van der Waals surface area contributed by atoms with Gasteiger partial charge in [0, 0.05) is 0 Å². The minimum absolute atomic E-state index is 0.0196. The highest BCUT2D eigenvalue weighted by atomic mass is 16.5. The van der Waals surface area contributed by atoms with Crippen LogP contribution in [0.5, 0.6) is 5.75 Å². The highest BCUT2D eigenvalue weighted by Crippen LogP contribution is 2.24. The van der Waals surface area contributed by atoms with Crippen molar-refractivity contribution in [3.63, 3.8) is 0 Å². The van der Waals surface area contributed by atoms with Gasteiger partial charge in [0.2, 0.25) is 5.43 Å². The standard InChI is InChI=1S/C15H12O3/c1-9-4-3-5-11-14(16)12-8-10(17-2)6-7-13(12)18-15(9)11/h3-8H,1-2H3. The number of hydrogen-bond acceptors (Lipinski definition) is 3. The Morgan fingerprint density at radius 2 is 1.94 bits per heavy atom. The molecule has 3 rings (SSSR count). The Kier molecular flexibility index (Phi) is 2.33. The van der Waals surface area contributed by atoms with Crippen molar-refractivity contribution < 1.29 is 9.15 Å². The van der Waals surface area contributed by atoms with Crippen molar-refractivity contribution in [1.29, 1.82) is 0 Å². The fourth-order valence-electron chi connectivity index (χ4n) is 2.12. The van der Waals surface area contributed by atoms with Crippen molar-refractivity contribution in [3.05, 3.63) is 52.2 Å². The van der Waals surface area contributed by atoms with Gasteiger partial charge in [0.05, 0.1) is 17.9 Å². The van der Waals surface area contributed by atoms with Gasteiger partial charge in [-0.3, -0.25) is 4.79 Å². The molecule has 0 aliphatic carbocycles. The Hall–Kier alpha value is -2.29. The molecular weight excluding hydrogens is 228 g/mol. The molecule has 0 bridgehead atoms. The smallest absolute Gasteiger partial charge is 0.200 e. The lowest BCUT2D eigenvalue weighted by atomic mass is 10.1. The van der Waals surface area contributed by atoms with Crippen LogP contribution in [0.1, 0.15) is 5.56 Å². The third-order valence-electron chi connectivity index (χ3n) is 3.10. The highest BCUT2D eigenvalue weighted by Gasteiger charge is 2.09. The number of fused-ring (bicyclic) bond motifs is 2. The van der Waals surface area contributed by atoms with Crippen LogP contribution in [0.2, 0.25) is 0 Å². The van der Waals surface area contributed by atoms with Crippen LogP contribution in [0.3, 0.4) is 0 Å². The molecule has 1 aromatic heterocycles. The summed E-state index contributed by atoms with van der Waals surface area (Å²) >= 11 is 0. The predicted octanol–water partition coefficient (Wildman–Crippen LogP) is 3.26. The minimum Gasteiger partial charge on any atom is -0.497 e. The Bertz CT molecular complexity index is 800. The van der Waals surface area contributed by atoms with Crippen LogP contribution in [0.4, 0.5) is 0 Å². The highest BCUT2D eigenvalue weighted by molar-refractivity contribution is 5.91. The van der Waals surface area contributed by atoms with E-state index >= 15 is 0 Å². The molecule has 3 nitrogen and oxygen atoms in total. The molecule has 0 spiro atoms. The van der Waals surface area contributed by atoms with E-state index in [0.29, 0.717) is 27.7 Å². The average Bonchev–Trinajstić information content (AvgIpc) is 2.40. The molecule has 0 radical (unpaired) electrons. The summed E-state index contributed by atoms with van der Waals surface area (Å²) in [5, 5.41) is 1.16. The Labute approximate surface area is 104 Å². The van der Waals surface area contributed by atoms with E-state index < -0.39 is 0 Å². The third-order valence-corrected chi connectivity index (χ3v) is 3.10. The molecule has 0 aliphatic heterocycles. The van der Waals surface area contributed by atoms with Crippen LogP contribution in [0.25, 0.3) is 21.9 Å². The van der Waals surface area contributed by atoms with E-state index in [-0.39, 0.29) is 5.43 Å². The monoisotopic (exact) mass is 240 g/mol. The molecule has 1 heterocycles. The first-order chi connectivity index (χ1) is 8.70. The second-order valence-corrected chi connectivity index (χ2v) is 4.24. The number of ether oxygens (including phenoxy) is 1. The largest absolute Gasteiger partial charge is 0.497 e. The first-order valence-corrected chi connectivity index (χ1v) is 5.71. The van der Waals surface area contributed by atoms with Crippen LogP contribution < -0.4 is 10.2 Å². The van der Waals surface area contributed by atoms with E-state index in [2.05, 4.69) is 0 Å². The maximum Gasteiger partial charge on any atom is 0.200 e. The zero-order valence-corrected chi connectivity index (χ0v) is 10.2. The van der Waals surface area contributed by atoms with Crippen molar-refractivity contribution in [1.82, 2.24) is 0 Å². The molecule has 0 unspecified atom stereocenters. The van der Waals surface area contributed by atoms with E-state index in [4.69, 9.17) is 9.15 Å². The van der Waals surface area contributed by atoms with Gasteiger partial charge in [0.1, 0.15) is 16.9 Å². The molecule has 0 atom stereocenters. The molecule has 0 fully saturated rings. The van der Waals surface area contributed by atoms with E-state index in [1.807, 2.05) is 19.1 Å². The summed E-state index contributed by atoms with van der Waals surface area (Å²) in [6.07, 6.45) is 0. The number of para-hydroxylation sites is 1. The van der Waals surface area contributed by atoms with Crippen molar-refractivity contribution in [3.8, 4) is 5.75 Å². The van der Waals surface area contributed by atoms with Gasteiger partial charge >= 0.3 is 0 Å². The molecule has 0 aliphatic rings. The first kappa shape index (κ1) is 10.8. The maximum absolute atomic E-state index is 12.4. The van der Waals surface area contributed by atoms with Crippen LogP contribution >= 0.6 is 0 Å². The van der Waals surface area contributed by atoms with Gasteiger partial charge in [0.15, 0.2) is 0 Å². The lowest BCUT2D eigenvalue weighted by molar-refractivity contribution is 0.415. The van der Waals surface area contributed by atoms with Crippen LogP contribution in [0, 0.1) is 6.92 Å². The molecule has 0 saturated heterocycles. The molecule has 2 aromatic carbocycles. The van der Waals surface area contributed by atoms with Gasteiger partial charge in [0.25, 0.3) is 0 Å². The average molecular weight is 240 g/mol.